The second-order valence-corrected chi connectivity index (χ2v) is 12.6. The minimum atomic E-state index is -3.17. The predicted molar refractivity (Wildman–Crippen MR) is 127 cm³/mol. The maximum atomic E-state index is 12.4. The Morgan fingerprint density at radius 3 is 2.52 bits per heavy atom. The molecule has 1 amide bonds. The fraction of sp³-hybridized carbons (Fsp3) is 0.667. The summed E-state index contributed by atoms with van der Waals surface area (Å²) in [5.41, 5.74) is 2.31. The summed E-state index contributed by atoms with van der Waals surface area (Å²) in [4.78, 5) is 18.8. The maximum absolute atomic E-state index is 12.4. The number of hydrogen-bond acceptors (Lipinski definition) is 6. The number of aromatic nitrogens is 1. The van der Waals surface area contributed by atoms with Crippen LogP contribution < -0.4 is 4.74 Å². The van der Waals surface area contributed by atoms with Gasteiger partial charge in [0, 0.05) is 44.1 Å². The summed E-state index contributed by atoms with van der Waals surface area (Å²) >= 11 is 0. The lowest BCUT2D eigenvalue weighted by molar-refractivity contribution is -0.00829. The van der Waals surface area contributed by atoms with Gasteiger partial charge < -0.3 is 14.4 Å². The molecule has 8 nitrogen and oxygen atoms in total. The minimum Gasteiger partial charge on any atom is -0.485 e. The minimum absolute atomic E-state index is 0.245. The van der Waals surface area contributed by atoms with Crippen molar-refractivity contribution in [3.05, 3.63) is 29.6 Å². The van der Waals surface area contributed by atoms with E-state index < -0.39 is 15.6 Å². The van der Waals surface area contributed by atoms with E-state index in [0.717, 1.165) is 41.8 Å². The lowest BCUT2D eigenvalue weighted by Crippen LogP contribution is -2.48. The van der Waals surface area contributed by atoms with Crippen molar-refractivity contribution < 1.29 is 22.7 Å². The summed E-state index contributed by atoms with van der Waals surface area (Å²) in [6.07, 6.45) is 7.96. The summed E-state index contributed by atoms with van der Waals surface area (Å²) in [5, 5.41) is 0. The van der Waals surface area contributed by atoms with Gasteiger partial charge in [-0.1, -0.05) is 6.08 Å². The highest BCUT2D eigenvalue weighted by molar-refractivity contribution is 7.88. The van der Waals surface area contributed by atoms with E-state index in [1.165, 1.54) is 10.6 Å². The molecule has 1 atom stereocenters. The topological polar surface area (TPSA) is 89.0 Å². The number of piperidine rings is 1. The van der Waals surface area contributed by atoms with Crippen molar-refractivity contribution in [3.63, 3.8) is 0 Å². The van der Waals surface area contributed by atoms with Crippen molar-refractivity contribution in [3.8, 4) is 5.75 Å². The van der Waals surface area contributed by atoms with Crippen LogP contribution in [0.1, 0.15) is 58.2 Å². The van der Waals surface area contributed by atoms with E-state index in [9.17, 15) is 13.2 Å². The normalized spacial score (nSPS) is 24.8. The molecule has 1 aromatic rings. The van der Waals surface area contributed by atoms with Gasteiger partial charge in [-0.2, -0.15) is 4.31 Å². The quantitative estimate of drug-likeness (QED) is 0.662. The maximum Gasteiger partial charge on any atom is 0.410 e. The number of nitrogens with zero attached hydrogens (tertiary/aromatic N) is 3. The van der Waals surface area contributed by atoms with Gasteiger partial charge in [0.05, 0.1) is 18.1 Å². The predicted octanol–water partition coefficient (Wildman–Crippen LogP) is 3.47. The SMILES string of the molecule is CC(C)(C)OC(=O)N1CCC(C2(C)Cc3cc(C4=CCN(S(C)(=O)=O)CC4)ncc3O2)CC1. The number of fused-ring (bicyclic) bond motifs is 1. The van der Waals surface area contributed by atoms with E-state index in [0.29, 0.717) is 38.5 Å². The molecule has 4 rings (SSSR count). The number of likely N-dealkylation sites (tertiary alicyclic amines) is 1. The first-order valence-corrected chi connectivity index (χ1v) is 13.5. The average molecular weight is 478 g/mol. The monoisotopic (exact) mass is 477 g/mol. The van der Waals surface area contributed by atoms with Gasteiger partial charge in [-0.05, 0) is 58.6 Å². The van der Waals surface area contributed by atoms with Gasteiger partial charge in [-0.3, -0.25) is 4.98 Å². The van der Waals surface area contributed by atoms with Crippen LogP contribution >= 0.6 is 0 Å². The first-order chi connectivity index (χ1) is 15.3. The summed E-state index contributed by atoms with van der Waals surface area (Å²) in [5.74, 6) is 1.16. The van der Waals surface area contributed by atoms with Gasteiger partial charge in [-0.15, -0.1) is 0 Å². The number of sulfonamides is 1. The molecule has 1 fully saturated rings. The number of ether oxygens (including phenoxy) is 2. The Morgan fingerprint density at radius 1 is 1.24 bits per heavy atom. The third-order valence-electron chi connectivity index (χ3n) is 6.81. The molecule has 0 aliphatic carbocycles. The van der Waals surface area contributed by atoms with E-state index in [4.69, 9.17) is 9.47 Å². The standard InChI is InChI=1S/C24H35N3O5S/c1-23(2,3)32-22(28)26-10-8-19(9-11-26)24(4)15-18-14-20(25-16-21(18)31-24)17-6-12-27(13-7-17)33(5,29)30/h6,14,16,19H,7-13,15H2,1-5H3. The van der Waals surface area contributed by atoms with Crippen molar-refractivity contribution >= 4 is 21.7 Å². The van der Waals surface area contributed by atoms with Crippen LogP contribution in [0.5, 0.6) is 5.75 Å². The highest BCUT2D eigenvalue weighted by Crippen LogP contribution is 2.43. The Bertz CT molecular complexity index is 1050. The zero-order chi connectivity index (χ0) is 24.0. The molecule has 0 saturated carbocycles. The molecule has 9 heteroatoms. The molecule has 182 valence electrons. The highest BCUT2D eigenvalue weighted by atomic mass is 32.2. The lowest BCUT2D eigenvalue weighted by Gasteiger charge is -2.40. The van der Waals surface area contributed by atoms with Crippen LogP contribution in [0.25, 0.3) is 5.57 Å². The highest BCUT2D eigenvalue weighted by Gasteiger charge is 2.44. The fourth-order valence-corrected chi connectivity index (χ4v) is 5.74. The van der Waals surface area contributed by atoms with Gasteiger partial charge in [0.2, 0.25) is 10.0 Å². The molecule has 1 aromatic heterocycles. The molecule has 0 bridgehead atoms. The summed E-state index contributed by atoms with van der Waals surface area (Å²) in [7, 11) is -3.17. The van der Waals surface area contributed by atoms with Crippen molar-refractivity contribution in [2.24, 2.45) is 5.92 Å². The van der Waals surface area contributed by atoms with Crippen molar-refractivity contribution in [1.82, 2.24) is 14.2 Å². The van der Waals surface area contributed by atoms with Crippen molar-refractivity contribution in [1.29, 1.82) is 0 Å². The van der Waals surface area contributed by atoms with Gasteiger partial charge in [0.15, 0.2) is 0 Å². The molecule has 0 aromatic carbocycles. The molecule has 3 aliphatic rings. The lowest BCUT2D eigenvalue weighted by atomic mass is 9.79. The Balaban J connectivity index is 1.39. The smallest absolute Gasteiger partial charge is 0.410 e. The van der Waals surface area contributed by atoms with Crippen LogP contribution in [0.4, 0.5) is 4.79 Å². The van der Waals surface area contributed by atoms with Gasteiger partial charge in [0.1, 0.15) is 17.0 Å². The molecular weight excluding hydrogens is 442 g/mol. The number of carbonyl (C=O) groups excluding carboxylic acids is 1. The number of pyridine rings is 1. The molecule has 1 saturated heterocycles. The Hall–Kier alpha value is -2.13. The van der Waals surface area contributed by atoms with E-state index in [-0.39, 0.29) is 11.7 Å². The van der Waals surface area contributed by atoms with Crippen LogP contribution in [0.3, 0.4) is 0 Å². The van der Waals surface area contributed by atoms with E-state index >= 15 is 0 Å². The molecule has 33 heavy (non-hydrogen) atoms. The zero-order valence-corrected chi connectivity index (χ0v) is 21.1. The summed E-state index contributed by atoms with van der Waals surface area (Å²) in [6, 6.07) is 2.10. The fourth-order valence-electron chi connectivity index (χ4n) is 4.97. The van der Waals surface area contributed by atoms with Crippen LogP contribution in [0, 0.1) is 5.92 Å². The van der Waals surface area contributed by atoms with E-state index in [2.05, 4.69) is 18.0 Å². The Kier molecular flexibility index (Phi) is 6.24. The molecule has 0 spiro atoms. The number of carbonyl (C=O) groups is 1. The van der Waals surface area contributed by atoms with Crippen molar-refractivity contribution in [2.45, 2.75) is 64.6 Å². The second kappa shape index (κ2) is 8.58. The zero-order valence-electron chi connectivity index (χ0n) is 20.3. The van der Waals surface area contributed by atoms with E-state index in [1.807, 2.05) is 26.8 Å². The van der Waals surface area contributed by atoms with Crippen LogP contribution in [-0.2, 0) is 21.2 Å². The summed E-state index contributed by atoms with van der Waals surface area (Å²) in [6.45, 7) is 10.0. The van der Waals surface area contributed by atoms with E-state index in [1.54, 1.807) is 11.1 Å². The Morgan fingerprint density at radius 2 is 1.94 bits per heavy atom. The Labute approximate surface area is 197 Å². The molecule has 0 N–H and O–H groups in total. The summed E-state index contributed by atoms with van der Waals surface area (Å²) < 4.78 is 36.9. The van der Waals surface area contributed by atoms with Crippen LogP contribution in [0.15, 0.2) is 18.3 Å². The van der Waals surface area contributed by atoms with Crippen LogP contribution in [-0.4, -0.2) is 72.3 Å². The average Bonchev–Trinajstić information content (AvgIpc) is 3.08. The van der Waals surface area contributed by atoms with Gasteiger partial charge >= 0.3 is 6.09 Å². The van der Waals surface area contributed by atoms with Gasteiger partial charge in [-0.25, -0.2) is 13.2 Å². The first-order valence-electron chi connectivity index (χ1n) is 11.6. The third-order valence-corrected chi connectivity index (χ3v) is 8.08. The molecule has 4 heterocycles. The first kappa shape index (κ1) is 24.0. The largest absolute Gasteiger partial charge is 0.485 e. The number of amides is 1. The van der Waals surface area contributed by atoms with Crippen LogP contribution in [0.2, 0.25) is 0 Å². The van der Waals surface area contributed by atoms with Gasteiger partial charge in [0.25, 0.3) is 0 Å². The number of rotatable bonds is 3. The molecular formula is C24H35N3O5S. The second-order valence-electron chi connectivity index (χ2n) is 10.6. The molecule has 3 aliphatic heterocycles. The molecule has 1 unspecified atom stereocenters. The molecule has 0 radical (unpaired) electrons. The third kappa shape index (κ3) is 5.35. The van der Waals surface area contributed by atoms with Crippen molar-refractivity contribution in [2.75, 3.05) is 32.4 Å². The number of hydrogen-bond donors (Lipinski definition) is 0.